The van der Waals surface area contributed by atoms with Gasteiger partial charge >= 0.3 is 0 Å². The third kappa shape index (κ3) is 5.03. The molecule has 4 aromatic rings. The summed E-state index contributed by atoms with van der Waals surface area (Å²) in [5.74, 6) is -0.0240. The maximum absolute atomic E-state index is 13.0. The number of allylic oxidation sites excluding steroid dienone is 1. The molecule has 0 unspecified atom stereocenters. The van der Waals surface area contributed by atoms with Crippen LogP contribution in [0.15, 0.2) is 67.1 Å². The van der Waals surface area contributed by atoms with Crippen molar-refractivity contribution in [3.8, 4) is 0 Å². The fourth-order valence-corrected chi connectivity index (χ4v) is 4.14. The Morgan fingerprint density at radius 1 is 1.03 bits per heavy atom. The van der Waals surface area contributed by atoms with Crippen molar-refractivity contribution in [2.75, 3.05) is 6.54 Å². The molecule has 33 heavy (non-hydrogen) atoms. The largest absolute Gasteiger partial charge is 0.356 e. The highest BCUT2D eigenvalue weighted by Gasteiger charge is 2.15. The first kappa shape index (κ1) is 22.5. The lowest BCUT2D eigenvalue weighted by Crippen LogP contribution is -2.26. The highest BCUT2D eigenvalue weighted by Crippen LogP contribution is 2.30. The minimum atomic E-state index is -0.0303. The van der Waals surface area contributed by atoms with Gasteiger partial charge < -0.3 is 5.32 Å². The summed E-state index contributed by atoms with van der Waals surface area (Å²) in [6.45, 7) is 4.48. The number of aromatic nitrogens is 2. The molecule has 2 heterocycles. The van der Waals surface area contributed by atoms with E-state index in [2.05, 4.69) is 42.4 Å². The predicted octanol–water partition coefficient (Wildman–Crippen LogP) is 6.09. The Labute approximate surface area is 194 Å². The van der Waals surface area contributed by atoms with Gasteiger partial charge in [-0.25, -0.2) is 0 Å². The summed E-state index contributed by atoms with van der Waals surface area (Å²) in [4.78, 5) is 29.1. The number of benzene rings is 2. The maximum Gasteiger partial charge on any atom is 0.232 e. The third-order valence-corrected chi connectivity index (χ3v) is 5.91. The number of para-hydroxylation sites is 1. The standard InChI is InChI=1S/C28H29N3O2/c1-3-4-12-27(32)30-16-14-28(33)31-19-25(24-10-5-6-11-26(24)31)20(2)17-21-8-7-9-22-18-29-15-13-23(21)22/h5-11,13,15,17-19H,3-4,12,14,16H2,1-2H3,(H,30,32)/b20-17+. The van der Waals surface area contributed by atoms with Crippen LogP contribution in [0.25, 0.3) is 33.3 Å². The van der Waals surface area contributed by atoms with Crippen LogP contribution in [0.3, 0.4) is 0 Å². The van der Waals surface area contributed by atoms with Gasteiger partial charge in [-0.05, 0) is 42.0 Å². The van der Waals surface area contributed by atoms with E-state index in [4.69, 9.17) is 0 Å². The summed E-state index contributed by atoms with van der Waals surface area (Å²) in [6, 6.07) is 16.2. The fraction of sp³-hybridized carbons (Fsp3) is 0.250. The highest BCUT2D eigenvalue weighted by atomic mass is 16.2. The van der Waals surface area contributed by atoms with E-state index in [0.29, 0.717) is 13.0 Å². The van der Waals surface area contributed by atoms with Gasteiger partial charge in [-0.15, -0.1) is 0 Å². The predicted molar refractivity (Wildman–Crippen MR) is 135 cm³/mol. The summed E-state index contributed by atoms with van der Waals surface area (Å²) in [7, 11) is 0. The van der Waals surface area contributed by atoms with Crippen molar-refractivity contribution in [2.45, 2.75) is 39.5 Å². The van der Waals surface area contributed by atoms with E-state index < -0.39 is 0 Å². The second kappa shape index (κ2) is 10.3. The molecule has 0 atom stereocenters. The van der Waals surface area contributed by atoms with Crippen LogP contribution >= 0.6 is 0 Å². The van der Waals surface area contributed by atoms with Gasteiger partial charge in [0.2, 0.25) is 11.8 Å². The molecule has 0 saturated carbocycles. The Bertz CT molecular complexity index is 1330. The van der Waals surface area contributed by atoms with Crippen molar-refractivity contribution in [3.05, 3.63) is 78.2 Å². The number of unbranched alkanes of at least 4 members (excludes halogenated alkanes) is 1. The first-order chi connectivity index (χ1) is 16.1. The number of hydrogen-bond donors (Lipinski definition) is 1. The van der Waals surface area contributed by atoms with Crippen molar-refractivity contribution in [1.82, 2.24) is 14.9 Å². The number of carbonyl (C=O) groups excluding carboxylic acids is 2. The van der Waals surface area contributed by atoms with Crippen LogP contribution in [-0.4, -0.2) is 27.9 Å². The number of carbonyl (C=O) groups is 2. The summed E-state index contributed by atoms with van der Waals surface area (Å²) >= 11 is 0. The Kier molecular flexibility index (Phi) is 6.98. The molecule has 5 nitrogen and oxygen atoms in total. The fourth-order valence-electron chi connectivity index (χ4n) is 4.14. The Balaban J connectivity index is 1.61. The van der Waals surface area contributed by atoms with Crippen LogP contribution in [0.2, 0.25) is 0 Å². The molecule has 0 aliphatic rings. The van der Waals surface area contributed by atoms with Crippen molar-refractivity contribution in [1.29, 1.82) is 0 Å². The van der Waals surface area contributed by atoms with Crippen molar-refractivity contribution in [2.24, 2.45) is 0 Å². The van der Waals surface area contributed by atoms with Gasteiger partial charge in [0.05, 0.1) is 5.52 Å². The Morgan fingerprint density at radius 2 is 1.88 bits per heavy atom. The molecule has 2 aromatic heterocycles. The average Bonchev–Trinajstić information content (AvgIpc) is 3.23. The summed E-state index contributed by atoms with van der Waals surface area (Å²) < 4.78 is 1.72. The van der Waals surface area contributed by atoms with Gasteiger partial charge in [-0.1, -0.05) is 55.8 Å². The van der Waals surface area contributed by atoms with Crippen LogP contribution in [0, 0.1) is 0 Å². The quantitative estimate of drug-likeness (QED) is 0.361. The number of hydrogen-bond acceptors (Lipinski definition) is 3. The van der Waals surface area contributed by atoms with Gasteiger partial charge in [0.1, 0.15) is 0 Å². The number of pyridine rings is 1. The summed E-state index contributed by atoms with van der Waals surface area (Å²) in [5.41, 5.74) is 4.10. The van der Waals surface area contributed by atoms with Gasteiger partial charge in [0.15, 0.2) is 0 Å². The molecule has 2 aromatic carbocycles. The molecule has 0 bridgehead atoms. The second-order valence-electron chi connectivity index (χ2n) is 8.30. The van der Waals surface area contributed by atoms with E-state index in [-0.39, 0.29) is 18.2 Å². The van der Waals surface area contributed by atoms with Crippen LogP contribution in [-0.2, 0) is 4.79 Å². The third-order valence-electron chi connectivity index (χ3n) is 5.91. The molecule has 168 valence electrons. The zero-order valence-electron chi connectivity index (χ0n) is 19.2. The average molecular weight is 440 g/mol. The molecule has 4 rings (SSSR count). The molecule has 1 amide bonds. The zero-order chi connectivity index (χ0) is 23.2. The molecule has 0 radical (unpaired) electrons. The lowest BCUT2D eigenvalue weighted by Gasteiger charge is -2.06. The first-order valence-corrected chi connectivity index (χ1v) is 11.5. The monoisotopic (exact) mass is 439 g/mol. The smallest absolute Gasteiger partial charge is 0.232 e. The summed E-state index contributed by atoms with van der Waals surface area (Å²) in [5, 5.41) is 6.13. The first-order valence-electron chi connectivity index (χ1n) is 11.5. The Morgan fingerprint density at radius 3 is 2.73 bits per heavy atom. The van der Waals surface area contributed by atoms with Crippen LogP contribution in [0.5, 0.6) is 0 Å². The van der Waals surface area contributed by atoms with E-state index in [0.717, 1.165) is 51.2 Å². The van der Waals surface area contributed by atoms with Crippen molar-refractivity contribution < 1.29 is 9.59 Å². The highest BCUT2D eigenvalue weighted by molar-refractivity contribution is 6.03. The summed E-state index contributed by atoms with van der Waals surface area (Å²) in [6.07, 6.45) is 10.4. The SMILES string of the molecule is CCCCC(=O)NCCC(=O)n1cc(/C(C)=C/c2cccc3cnccc23)c2ccccc21. The number of nitrogens with one attached hydrogen (secondary N) is 1. The van der Waals surface area contributed by atoms with E-state index in [1.165, 1.54) is 0 Å². The van der Waals surface area contributed by atoms with Crippen molar-refractivity contribution >= 4 is 45.1 Å². The van der Waals surface area contributed by atoms with Crippen LogP contribution in [0.4, 0.5) is 0 Å². The second-order valence-corrected chi connectivity index (χ2v) is 8.30. The molecule has 0 fully saturated rings. The van der Waals surface area contributed by atoms with Crippen LogP contribution in [0.1, 0.15) is 55.5 Å². The minimum Gasteiger partial charge on any atom is -0.356 e. The van der Waals surface area contributed by atoms with Gasteiger partial charge in [0.25, 0.3) is 0 Å². The molecule has 5 heteroatoms. The maximum atomic E-state index is 13.0. The van der Waals surface area contributed by atoms with E-state index >= 15 is 0 Å². The zero-order valence-corrected chi connectivity index (χ0v) is 19.2. The van der Waals surface area contributed by atoms with Gasteiger partial charge in [0, 0.05) is 54.3 Å². The van der Waals surface area contributed by atoms with Crippen LogP contribution < -0.4 is 5.32 Å². The molecule has 0 aliphatic heterocycles. The van der Waals surface area contributed by atoms with Gasteiger partial charge in [-0.3, -0.25) is 19.1 Å². The molecular formula is C28H29N3O2. The van der Waals surface area contributed by atoms with Crippen molar-refractivity contribution in [3.63, 3.8) is 0 Å². The Hall–Kier alpha value is -3.73. The molecule has 0 saturated heterocycles. The lowest BCUT2D eigenvalue weighted by atomic mass is 10.0. The van der Waals surface area contributed by atoms with E-state index in [1.807, 2.05) is 48.8 Å². The number of rotatable bonds is 8. The molecule has 0 spiro atoms. The van der Waals surface area contributed by atoms with Gasteiger partial charge in [-0.2, -0.15) is 0 Å². The minimum absolute atomic E-state index is 0.00627. The topological polar surface area (TPSA) is 64.0 Å². The van der Waals surface area contributed by atoms with E-state index in [1.54, 1.807) is 10.8 Å². The molecular weight excluding hydrogens is 410 g/mol. The number of nitrogens with zero attached hydrogens (tertiary/aromatic N) is 2. The number of fused-ring (bicyclic) bond motifs is 2. The molecule has 0 aliphatic carbocycles. The normalized spacial score (nSPS) is 11.8. The van der Waals surface area contributed by atoms with E-state index in [9.17, 15) is 9.59 Å². The molecule has 1 N–H and O–H groups in total. The number of amides is 1. The lowest BCUT2D eigenvalue weighted by molar-refractivity contribution is -0.121.